The maximum Gasteiger partial charge on any atom is 0.320 e. The van der Waals surface area contributed by atoms with Crippen molar-refractivity contribution in [2.24, 2.45) is 10.7 Å². The van der Waals surface area contributed by atoms with Crippen LogP contribution in [-0.2, 0) is 4.79 Å². The number of nitrogens with zero attached hydrogens (tertiary/aromatic N) is 2. The molecule has 2 aromatic rings. The Hall–Kier alpha value is -2.99. The molecule has 0 saturated heterocycles. The molecule has 0 amide bonds. The predicted molar refractivity (Wildman–Crippen MR) is 99.0 cm³/mol. The molecular formula is C19H21N3O3. The van der Waals surface area contributed by atoms with Gasteiger partial charge in [-0.25, -0.2) is 0 Å². The zero-order chi connectivity index (χ0) is 18.4. The van der Waals surface area contributed by atoms with Crippen LogP contribution in [0.3, 0.4) is 0 Å². The Labute approximate surface area is 146 Å². The molecule has 0 heterocycles. The largest absolute Gasteiger partial charge is 0.480 e. The normalized spacial score (nSPS) is 12.1. The monoisotopic (exact) mass is 339 g/mol. The first kappa shape index (κ1) is 18.4. The van der Waals surface area contributed by atoms with Crippen LogP contribution in [0.2, 0.25) is 0 Å². The van der Waals surface area contributed by atoms with Crippen molar-refractivity contribution < 1.29 is 14.7 Å². The van der Waals surface area contributed by atoms with E-state index in [9.17, 15) is 9.59 Å². The molecule has 0 saturated carbocycles. The standard InChI is InChI=1S/C19H21N3O3/c1-22(2)14-9-7-13(8-10-14)12-21-17-6-4-3-5-15(17)18(23)11-16(20)19(24)25/h3-10,12,16H,11,20H2,1-2H3,(H,24,25)/b21-12+. The van der Waals surface area contributed by atoms with E-state index in [2.05, 4.69) is 4.99 Å². The third kappa shape index (κ3) is 4.99. The Morgan fingerprint density at radius 2 is 1.80 bits per heavy atom. The number of carboxylic acids is 1. The molecule has 6 heteroatoms. The van der Waals surface area contributed by atoms with Crippen LogP contribution in [0, 0.1) is 0 Å². The number of benzene rings is 2. The minimum Gasteiger partial charge on any atom is -0.480 e. The highest BCUT2D eigenvalue weighted by Crippen LogP contribution is 2.21. The van der Waals surface area contributed by atoms with E-state index in [1.807, 2.05) is 43.3 Å². The summed E-state index contributed by atoms with van der Waals surface area (Å²) < 4.78 is 0. The van der Waals surface area contributed by atoms with Gasteiger partial charge in [-0.1, -0.05) is 24.3 Å². The molecule has 0 aliphatic carbocycles. The number of ketones is 1. The van der Waals surface area contributed by atoms with Gasteiger partial charge < -0.3 is 15.7 Å². The van der Waals surface area contributed by atoms with Crippen LogP contribution >= 0.6 is 0 Å². The number of carbonyl (C=O) groups excluding carboxylic acids is 1. The first-order valence-corrected chi connectivity index (χ1v) is 7.80. The fraction of sp³-hybridized carbons (Fsp3) is 0.211. The molecule has 1 unspecified atom stereocenters. The lowest BCUT2D eigenvalue weighted by molar-refractivity contribution is -0.138. The molecule has 0 aliphatic heterocycles. The van der Waals surface area contributed by atoms with Gasteiger partial charge in [0, 0.05) is 38.0 Å². The number of aliphatic imine (C=N–C) groups is 1. The van der Waals surface area contributed by atoms with E-state index >= 15 is 0 Å². The number of Topliss-reactive ketones (excluding diaryl/α,β-unsaturated/α-hetero) is 1. The Kier molecular flexibility index (Phi) is 6.03. The molecular weight excluding hydrogens is 318 g/mol. The zero-order valence-corrected chi connectivity index (χ0v) is 14.2. The van der Waals surface area contributed by atoms with E-state index in [1.54, 1.807) is 30.5 Å². The van der Waals surface area contributed by atoms with Gasteiger partial charge in [0.05, 0.1) is 5.69 Å². The van der Waals surface area contributed by atoms with E-state index in [4.69, 9.17) is 10.8 Å². The summed E-state index contributed by atoms with van der Waals surface area (Å²) in [7, 11) is 3.93. The number of rotatable bonds is 7. The predicted octanol–water partition coefficient (Wildman–Crippen LogP) is 2.49. The average molecular weight is 339 g/mol. The lowest BCUT2D eigenvalue weighted by Gasteiger charge is -2.11. The van der Waals surface area contributed by atoms with E-state index < -0.39 is 12.0 Å². The van der Waals surface area contributed by atoms with Gasteiger partial charge in [-0.15, -0.1) is 0 Å². The minimum absolute atomic E-state index is 0.264. The van der Waals surface area contributed by atoms with Gasteiger partial charge in [-0.2, -0.15) is 0 Å². The summed E-state index contributed by atoms with van der Waals surface area (Å²) in [6.45, 7) is 0. The first-order chi connectivity index (χ1) is 11.9. The number of para-hydroxylation sites is 1. The summed E-state index contributed by atoms with van der Waals surface area (Å²) in [5.74, 6) is -1.54. The molecule has 0 aliphatic rings. The summed E-state index contributed by atoms with van der Waals surface area (Å²) >= 11 is 0. The maximum atomic E-state index is 12.3. The molecule has 1 atom stereocenters. The van der Waals surface area contributed by atoms with Crippen LogP contribution < -0.4 is 10.6 Å². The van der Waals surface area contributed by atoms with Crippen molar-refractivity contribution in [3.63, 3.8) is 0 Å². The third-order valence-corrected chi connectivity index (χ3v) is 3.69. The number of nitrogens with two attached hydrogens (primary N) is 1. The van der Waals surface area contributed by atoms with Crippen molar-refractivity contribution in [3.8, 4) is 0 Å². The van der Waals surface area contributed by atoms with E-state index in [0.717, 1.165) is 11.3 Å². The molecule has 2 rings (SSSR count). The number of carbonyl (C=O) groups is 2. The van der Waals surface area contributed by atoms with Crippen LogP contribution in [0.1, 0.15) is 22.3 Å². The summed E-state index contributed by atoms with van der Waals surface area (Å²) in [6.07, 6.45) is 1.40. The first-order valence-electron chi connectivity index (χ1n) is 7.80. The van der Waals surface area contributed by atoms with Crippen LogP contribution in [0.25, 0.3) is 0 Å². The second kappa shape index (κ2) is 8.21. The van der Waals surface area contributed by atoms with Gasteiger partial charge in [-0.05, 0) is 29.8 Å². The molecule has 0 radical (unpaired) electrons. The lowest BCUT2D eigenvalue weighted by atomic mass is 10.0. The minimum atomic E-state index is -1.22. The molecule has 130 valence electrons. The number of hydrogen-bond acceptors (Lipinski definition) is 5. The highest BCUT2D eigenvalue weighted by Gasteiger charge is 2.19. The van der Waals surface area contributed by atoms with Gasteiger partial charge >= 0.3 is 5.97 Å². The molecule has 0 bridgehead atoms. The molecule has 3 N–H and O–H groups in total. The highest BCUT2D eigenvalue weighted by molar-refractivity contribution is 6.03. The second-order valence-corrected chi connectivity index (χ2v) is 5.83. The maximum absolute atomic E-state index is 12.3. The van der Waals surface area contributed by atoms with Crippen molar-refractivity contribution in [2.75, 3.05) is 19.0 Å². The van der Waals surface area contributed by atoms with Crippen LogP contribution in [0.15, 0.2) is 53.5 Å². The number of hydrogen-bond donors (Lipinski definition) is 2. The smallest absolute Gasteiger partial charge is 0.320 e. The molecule has 0 aromatic heterocycles. The summed E-state index contributed by atoms with van der Waals surface area (Å²) in [4.78, 5) is 29.5. The lowest BCUT2D eigenvalue weighted by Crippen LogP contribution is -2.32. The van der Waals surface area contributed by atoms with Gasteiger partial charge in [-0.3, -0.25) is 14.6 Å². The Balaban J connectivity index is 2.19. The van der Waals surface area contributed by atoms with E-state index in [-0.39, 0.29) is 12.2 Å². The van der Waals surface area contributed by atoms with Gasteiger partial charge in [0.2, 0.25) is 0 Å². The Morgan fingerprint density at radius 3 is 2.40 bits per heavy atom. The van der Waals surface area contributed by atoms with Crippen molar-refractivity contribution in [1.29, 1.82) is 0 Å². The average Bonchev–Trinajstić information content (AvgIpc) is 2.60. The Morgan fingerprint density at radius 1 is 1.16 bits per heavy atom. The quantitative estimate of drug-likeness (QED) is 0.597. The summed E-state index contributed by atoms with van der Waals surface area (Å²) in [5, 5.41) is 8.85. The fourth-order valence-electron chi connectivity index (χ4n) is 2.22. The van der Waals surface area contributed by atoms with E-state index in [1.165, 1.54) is 0 Å². The van der Waals surface area contributed by atoms with Crippen LogP contribution in [0.5, 0.6) is 0 Å². The molecule has 0 spiro atoms. The Bertz CT molecular complexity index is 783. The fourth-order valence-corrected chi connectivity index (χ4v) is 2.22. The number of anilines is 1. The highest BCUT2D eigenvalue weighted by atomic mass is 16.4. The molecule has 0 fully saturated rings. The van der Waals surface area contributed by atoms with Gasteiger partial charge in [0.15, 0.2) is 5.78 Å². The second-order valence-electron chi connectivity index (χ2n) is 5.83. The number of aliphatic carboxylic acids is 1. The SMILES string of the molecule is CN(C)c1ccc(/C=N/c2ccccc2C(=O)CC(N)C(=O)O)cc1. The van der Waals surface area contributed by atoms with Gasteiger partial charge in [0.25, 0.3) is 0 Å². The summed E-state index contributed by atoms with van der Waals surface area (Å²) in [5.41, 5.74) is 8.27. The zero-order valence-electron chi connectivity index (χ0n) is 14.2. The number of carboxylic acid groups (broad SMARTS) is 1. The van der Waals surface area contributed by atoms with E-state index in [0.29, 0.717) is 11.3 Å². The molecule has 6 nitrogen and oxygen atoms in total. The van der Waals surface area contributed by atoms with Crippen molar-refractivity contribution in [1.82, 2.24) is 0 Å². The van der Waals surface area contributed by atoms with Crippen LogP contribution in [0.4, 0.5) is 11.4 Å². The topological polar surface area (TPSA) is 96.0 Å². The third-order valence-electron chi connectivity index (χ3n) is 3.69. The molecule has 2 aromatic carbocycles. The van der Waals surface area contributed by atoms with Crippen molar-refractivity contribution in [3.05, 3.63) is 59.7 Å². The summed E-state index contributed by atoms with van der Waals surface area (Å²) in [6, 6.07) is 13.4. The van der Waals surface area contributed by atoms with Gasteiger partial charge in [0.1, 0.15) is 6.04 Å². The molecule has 25 heavy (non-hydrogen) atoms. The van der Waals surface area contributed by atoms with Crippen molar-refractivity contribution >= 4 is 29.3 Å². The van der Waals surface area contributed by atoms with Crippen LogP contribution in [-0.4, -0.2) is 43.2 Å². The van der Waals surface area contributed by atoms with Crippen molar-refractivity contribution in [2.45, 2.75) is 12.5 Å².